The molecule has 2 aromatic carbocycles. The van der Waals surface area contributed by atoms with Gasteiger partial charge in [0.15, 0.2) is 0 Å². The van der Waals surface area contributed by atoms with E-state index in [-0.39, 0.29) is 34.0 Å². The number of ketones is 1. The minimum Gasteiger partial charge on any atom is -0.331 e. The lowest BCUT2D eigenvalue weighted by Crippen LogP contribution is -2.13. The number of imidazole rings is 2. The first kappa shape index (κ1) is 28.9. The van der Waals surface area contributed by atoms with Crippen molar-refractivity contribution in [3.8, 4) is 11.1 Å². The molecule has 0 unspecified atom stereocenters. The number of carbonyl (C=O) groups is 2. The number of benzene rings is 2. The number of rotatable bonds is 6. The molecule has 7 nitrogen and oxygen atoms in total. The van der Waals surface area contributed by atoms with Crippen LogP contribution in [0.4, 0.5) is 27.6 Å². The molecule has 42 heavy (non-hydrogen) atoms. The number of nitrogens with one attached hydrogen (secondary N) is 1. The SMILES string of the molecule is Cc1nc2c(-c3cc4nc(C)n(C)c4cc3C(F)(F)F)cccn2c1C(=O)c1cc(F)c(NC(=O)/C=C/CCl)c(F)c1. The Morgan fingerprint density at radius 2 is 1.74 bits per heavy atom. The second kappa shape index (κ2) is 10.7. The molecule has 5 rings (SSSR count). The van der Waals surface area contributed by atoms with E-state index < -0.39 is 46.3 Å². The number of aryl methyl sites for hydroxylation is 3. The lowest BCUT2D eigenvalue weighted by atomic mass is 9.99. The van der Waals surface area contributed by atoms with Gasteiger partial charge in [0.2, 0.25) is 11.7 Å². The summed E-state index contributed by atoms with van der Waals surface area (Å²) >= 11 is 5.46. The largest absolute Gasteiger partial charge is 0.417 e. The highest BCUT2D eigenvalue weighted by Crippen LogP contribution is 2.41. The van der Waals surface area contributed by atoms with Crippen molar-refractivity contribution < 1.29 is 31.5 Å². The predicted octanol–water partition coefficient (Wildman–Crippen LogP) is 6.77. The minimum absolute atomic E-state index is 0.0150. The van der Waals surface area contributed by atoms with Gasteiger partial charge in [0.25, 0.3) is 0 Å². The lowest BCUT2D eigenvalue weighted by Gasteiger charge is -2.14. The molecule has 0 radical (unpaired) electrons. The number of alkyl halides is 4. The van der Waals surface area contributed by atoms with Crippen LogP contribution in [0.1, 0.15) is 33.1 Å². The number of amides is 1. The van der Waals surface area contributed by atoms with Crippen LogP contribution < -0.4 is 5.32 Å². The van der Waals surface area contributed by atoms with Crippen molar-refractivity contribution in [2.24, 2.45) is 7.05 Å². The summed E-state index contributed by atoms with van der Waals surface area (Å²) in [6.45, 7) is 3.14. The number of halogens is 6. The zero-order valence-electron chi connectivity index (χ0n) is 22.3. The average molecular weight is 602 g/mol. The number of fused-ring (bicyclic) bond motifs is 2. The number of allylic oxidation sites excluding steroid dienone is 1. The van der Waals surface area contributed by atoms with Crippen LogP contribution in [-0.4, -0.2) is 36.5 Å². The quantitative estimate of drug-likeness (QED) is 0.101. The van der Waals surface area contributed by atoms with Crippen molar-refractivity contribution in [3.63, 3.8) is 0 Å². The van der Waals surface area contributed by atoms with Gasteiger partial charge in [-0.2, -0.15) is 13.2 Å². The van der Waals surface area contributed by atoms with Crippen molar-refractivity contribution in [1.82, 2.24) is 18.9 Å². The molecule has 216 valence electrons. The van der Waals surface area contributed by atoms with Gasteiger partial charge in [0, 0.05) is 36.3 Å². The van der Waals surface area contributed by atoms with E-state index in [4.69, 9.17) is 11.6 Å². The molecule has 0 fully saturated rings. The zero-order valence-corrected chi connectivity index (χ0v) is 23.0. The highest BCUT2D eigenvalue weighted by Gasteiger charge is 2.35. The van der Waals surface area contributed by atoms with Gasteiger partial charge < -0.3 is 9.88 Å². The van der Waals surface area contributed by atoms with E-state index in [0.29, 0.717) is 16.9 Å². The molecule has 0 saturated heterocycles. The van der Waals surface area contributed by atoms with Crippen molar-refractivity contribution >= 4 is 45.7 Å². The van der Waals surface area contributed by atoms with E-state index in [1.54, 1.807) is 18.5 Å². The average Bonchev–Trinajstić information content (AvgIpc) is 3.41. The Morgan fingerprint density at radius 1 is 1.05 bits per heavy atom. The zero-order chi connectivity index (χ0) is 30.5. The van der Waals surface area contributed by atoms with Gasteiger partial charge in [-0.25, -0.2) is 18.7 Å². The number of anilines is 1. The van der Waals surface area contributed by atoms with Gasteiger partial charge in [-0.05, 0) is 55.8 Å². The number of aromatic nitrogens is 4. The molecular weight excluding hydrogens is 581 g/mol. The van der Waals surface area contributed by atoms with Crippen molar-refractivity contribution in [3.05, 3.63) is 94.7 Å². The molecule has 13 heteroatoms. The van der Waals surface area contributed by atoms with Crippen LogP contribution in [-0.2, 0) is 18.0 Å². The Kier molecular flexibility index (Phi) is 7.35. The normalized spacial score (nSPS) is 12.1. The van der Waals surface area contributed by atoms with Crippen molar-refractivity contribution in [2.45, 2.75) is 20.0 Å². The maximum atomic E-state index is 14.8. The maximum absolute atomic E-state index is 14.8. The fourth-order valence-electron chi connectivity index (χ4n) is 4.76. The third-order valence-electron chi connectivity index (χ3n) is 6.79. The van der Waals surface area contributed by atoms with Crippen LogP contribution >= 0.6 is 11.6 Å². The summed E-state index contributed by atoms with van der Waals surface area (Å²) in [4.78, 5) is 34.1. The topological polar surface area (TPSA) is 81.3 Å². The van der Waals surface area contributed by atoms with E-state index >= 15 is 0 Å². The molecule has 5 aromatic rings. The third-order valence-corrected chi connectivity index (χ3v) is 6.97. The van der Waals surface area contributed by atoms with Crippen LogP contribution in [0.3, 0.4) is 0 Å². The molecule has 0 saturated carbocycles. The summed E-state index contributed by atoms with van der Waals surface area (Å²) in [7, 11) is 1.62. The Morgan fingerprint density at radius 3 is 2.38 bits per heavy atom. The summed E-state index contributed by atoms with van der Waals surface area (Å²) < 4.78 is 75.3. The first-order valence-electron chi connectivity index (χ1n) is 12.4. The fourth-order valence-corrected chi connectivity index (χ4v) is 4.85. The Balaban J connectivity index is 1.63. The molecule has 0 atom stereocenters. The molecule has 3 heterocycles. The van der Waals surface area contributed by atoms with Crippen LogP contribution in [0, 0.1) is 25.5 Å². The highest BCUT2D eigenvalue weighted by atomic mass is 35.5. The van der Waals surface area contributed by atoms with Crippen LogP contribution in [0.2, 0.25) is 0 Å². The monoisotopic (exact) mass is 601 g/mol. The van der Waals surface area contributed by atoms with Crippen molar-refractivity contribution in [1.29, 1.82) is 0 Å². The number of hydrogen-bond donors (Lipinski definition) is 1. The Labute approximate surface area is 240 Å². The van der Waals surface area contributed by atoms with Gasteiger partial charge in [-0.15, -0.1) is 11.6 Å². The fraction of sp³-hybridized carbons (Fsp3) is 0.172. The summed E-state index contributed by atoms with van der Waals surface area (Å²) in [5.41, 5.74) is -1.48. The number of carbonyl (C=O) groups excluding carboxylic acids is 2. The Hall–Kier alpha value is -4.58. The summed E-state index contributed by atoms with van der Waals surface area (Å²) in [5, 5.41) is 2.05. The number of hydrogen-bond acceptors (Lipinski definition) is 4. The Bertz CT molecular complexity index is 1920. The highest BCUT2D eigenvalue weighted by molar-refractivity contribution is 6.19. The maximum Gasteiger partial charge on any atom is 0.417 e. The first-order chi connectivity index (χ1) is 19.8. The summed E-state index contributed by atoms with van der Waals surface area (Å²) in [6, 6.07) is 6.75. The molecule has 1 amide bonds. The third kappa shape index (κ3) is 5.02. The molecule has 0 aliphatic heterocycles. The summed E-state index contributed by atoms with van der Waals surface area (Å²) in [6.07, 6.45) is -1.02. The first-order valence-corrected chi connectivity index (χ1v) is 12.9. The molecule has 0 spiro atoms. The molecule has 0 aliphatic carbocycles. The van der Waals surface area contributed by atoms with Gasteiger partial charge in [0.05, 0.1) is 22.3 Å². The van der Waals surface area contributed by atoms with E-state index in [1.807, 2.05) is 0 Å². The van der Waals surface area contributed by atoms with E-state index in [9.17, 15) is 31.5 Å². The molecule has 1 N–H and O–H groups in total. The van der Waals surface area contributed by atoms with Crippen molar-refractivity contribution in [2.75, 3.05) is 11.2 Å². The predicted molar refractivity (Wildman–Crippen MR) is 148 cm³/mol. The second-order valence-corrected chi connectivity index (χ2v) is 9.76. The van der Waals surface area contributed by atoms with Gasteiger partial charge in [-0.3, -0.25) is 14.0 Å². The standard InChI is InChI=1S/C29H21ClF5N5O2/c1-14-26(27(42)16-10-20(31)25(21(32)11-16)38-24(41)7-4-8-30)40-9-5-6-17(28(40)36-14)18-12-22-23(39(3)15(2)37-22)13-19(18)29(33,34)35/h4-7,9-13H,8H2,1-3H3,(H,38,41)/b7-4+. The van der Waals surface area contributed by atoms with E-state index in [2.05, 4.69) is 15.3 Å². The number of pyridine rings is 1. The summed E-state index contributed by atoms with van der Waals surface area (Å²) in [5.74, 6) is -3.52. The van der Waals surface area contributed by atoms with Crippen LogP contribution in [0.25, 0.3) is 27.8 Å². The minimum atomic E-state index is -4.72. The van der Waals surface area contributed by atoms with E-state index in [1.165, 1.54) is 41.8 Å². The molecule has 0 bridgehead atoms. The van der Waals surface area contributed by atoms with Crippen LogP contribution in [0.15, 0.2) is 54.7 Å². The molecular formula is C29H21ClF5N5O2. The van der Waals surface area contributed by atoms with Gasteiger partial charge >= 0.3 is 6.18 Å². The van der Waals surface area contributed by atoms with Gasteiger partial charge in [0.1, 0.15) is 34.5 Å². The van der Waals surface area contributed by atoms with Gasteiger partial charge in [-0.1, -0.05) is 6.08 Å². The molecule has 3 aromatic heterocycles. The van der Waals surface area contributed by atoms with Crippen LogP contribution in [0.5, 0.6) is 0 Å². The second-order valence-electron chi connectivity index (χ2n) is 9.45. The number of nitrogens with zero attached hydrogens (tertiary/aromatic N) is 4. The van der Waals surface area contributed by atoms with E-state index in [0.717, 1.165) is 24.3 Å². The lowest BCUT2D eigenvalue weighted by molar-refractivity contribution is -0.137. The smallest absolute Gasteiger partial charge is 0.331 e. The molecule has 0 aliphatic rings.